The maximum atomic E-state index is 12.7. The van der Waals surface area contributed by atoms with Gasteiger partial charge in [0.1, 0.15) is 5.75 Å². The molecule has 0 radical (unpaired) electrons. The molecule has 6 nitrogen and oxygen atoms in total. The van der Waals surface area contributed by atoms with Crippen molar-refractivity contribution < 1.29 is 14.1 Å². The van der Waals surface area contributed by atoms with E-state index in [4.69, 9.17) is 9.26 Å². The minimum Gasteiger partial charge on any atom is -0.497 e. The SMILES string of the molecule is COc1ccc(-c2noc(CSCC(=O)N3CCCc4ccccc43)n2)cc1. The van der Waals surface area contributed by atoms with E-state index in [0.717, 1.165) is 36.4 Å². The van der Waals surface area contributed by atoms with Crippen LogP contribution in [0.25, 0.3) is 11.4 Å². The van der Waals surface area contributed by atoms with E-state index in [0.29, 0.717) is 23.2 Å². The van der Waals surface area contributed by atoms with Crippen LogP contribution in [0.15, 0.2) is 53.1 Å². The number of anilines is 1. The summed E-state index contributed by atoms with van der Waals surface area (Å²) < 4.78 is 10.5. The largest absolute Gasteiger partial charge is 0.497 e. The molecule has 28 heavy (non-hydrogen) atoms. The van der Waals surface area contributed by atoms with Gasteiger partial charge in [0.05, 0.1) is 18.6 Å². The van der Waals surface area contributed by atoms with E-state index in [9.17, 15) is 4.79 Å². The molecule has 0 unspecified atom stereocenters. The minimum absolute atomic E-state index is 0.118. The molecule has 2 aromatic carbocycles. The highest BCUT2D eigenvalue weighted by Crippen LogP contribution is 2.27. The average Bonchev–Trinajstić information content (AvgIpc) is 3.22. The first kappa shape index (κ1) is 18.6. The summed E-state index contributed by atoms with van der Waals surface area (Å²) in [5.74, 6) is 2.84. The Labute approximate surface area is 167 Å². The number of hydrogen-bond acceptors (Lipinski definition) is 6. The van der Waals surface area contributed by atoms with Crippen molar-refractivity contribution in [2.75, 3.05) is 24.3 Å². The molecule has 1 aliphatic heterocycles. The van der Waals surface area contributed by atoms with Gasteiger partial charge in [0.25, 0.3) is 0 Å². The smallest absolute Gasteiger partial charge is 0.236 e. The number of ether oxygens (including phenoxy) is 1. The van der Waals surface area contributed by atoms with Crippen LogP contribution in [0, 0.1) is 0 Å². The lowest BCUT2D eigenvalue weighted by Gasteiger charge is -2.29. The number of aromatic nitrogens is 2. The molecule has 0 atom stereocenters. The van der Waals surface area contributed by atoms with Crippen LogP contribution in [0.5, 0.6) is 5.75 Å². The number of fused-ring (bicyclic) bond motifs is 1. The Balaban J connectivity index is 1.33. The van der Waals surface area contributed by atoms with Crippen molar-refractivity contribution in [3.63, 3.8) is 0 Å². The number of aryl methyl sites for hydroxylation is 1. The summed E-state index contributed by atoms with van der Waals surface area (Å²) in [7, 11) is 1.63. The van der Waals surface area contributed by atoms with Gasteiger partial charge in [-0.15, -0.1) is 11.8 Å². The van der Waals surface area contributed by atoms with Crippen LogP contribution in [0.2, 0.25) is 0 Å². The molecule has 0 fully saturated rings. The summed E-state index contributed by atoms with van der Waals surface area (Å²) in [6.07, 6.45) is 2.03. The zero-order valence-corrected chi connectivity index (χ0v) is 16.4. The van der Waals surface area contributed by atoms with Gasteiger partial charge in [-0.2, -0.15) is 4.98 Å². The second-order valence-electron chi connectivity index (χ2n) is 6.51. The highest BCUT2D eigenvalue weighted by Gasteiger charge is 2.22. The molecule has 3 aromatic rings. The van der Waals surface area contributed by atoms with E-state index in [1.807, 2.05) is 47.4 Å². The van der Waals surface area contributed by atoms with Gasteiger partial charge in [-0.25, -0.2) is 0 Å². The van der Waals surface area contributed by atoms with Crippen molar-refractivity contribution in [2.24, 2.45) is 0 Å². The van der Waals surface area contributed by atoms with Gasteiger partial charge in [-0.1, -0.05) is 23.4 Å². The number of amides is 1. The lowest BCUT2D eigenvalue weighted by molar-refractivity contribution is -0.116. The van der Waals surface area contributed by atoms with Crippen molar-refractivity contribution >= 4 is 23.4 Å². The Morgan fingerprint density at radius 2 is 2.04 bits per heavy atom. The number of methoxy groups -OCH3 is 1. The number of thioether (sulfide) groups is 1. The van der Waals surface area contributed by atoms with Crippen LogP contribution >= 0.6 is 11.8 Å². The monoisotopic (exact) mass is 395 g/mol. The van der Waals surface area contributed by atoms with E-state index in [2.05, 4.69) is 16.2 Å². The van der Waals surface area contributed by atoms with Gasteiger partial charge < -0.3 is 14.2 Å². The Kier molecular flexibility index (Phi) is 5.62. The van der Waals surface area contributed by atoms with E-state index < -0.39 is 0 Å². The minimum atomic E-state index is 0.118. The Hall–Kier alpha value is -2.80. The first-order chi connectivity index (χ1) is 13.7. The van der Waals surface area contributed by atoms with E-state index >= 15 is 0 Å². The third-order valence-corrected chi connectivity index (χ3v) is 5.58. The van der Waals surface area contributed by atoms with Crippen molar-refractivity contribution in [2.45, 2.75) is 18.6 Å². The number of para-hydroxylation sites is 1. The number of hydrogen-bond donors (Lipinski definition) is 0. The standard InChI is InChI=1S/C21H21N3O3S/c1-26-17-10-8-16(9-11-17)21-22-19(27-23-21)13-28-14-20(25)24-12-4-6-15-5-2-3-7-18(15)24/h2-3,5,7-11H,4,6,12-14H2,1H3. The van der Waals surface area contributed by atoms with Gasteiger partial charge in [0, 0.05) is 17.8 Å². The van der Waals surface area contributed by atoms with Crippen LogP contribution in [0.4, 0.5) is 5.69 Å². The normalized spacial score (nSPS) is 13.2. The lowest BCUT2D eigenvalue weighted by atomic mass is 10.0. The first-order valence-electron chi connectivity index (χ1n) is 9.17. The average molecular weight is 395 g/mol. The van der Waals surface area contributed by atoms with Gasteiger partial charge in [-0.05, 0) is 48.7 Å². The molecular weight excluding hydrogens is 374 g/mol. The van der Waals surface area contributed by atoms with E-state index in [1.54, 1.807) is 7.11 Å². The summed E-state index contributed by atoms with van der Waals surface area (Å²) >= 11 is 1.49. The second-order valence-corrected chi connectivity index (χ2v) is 7.50. The summed E-state index contributed by atoms with van der Waals surface area (Å²) in [6.45, 7) is 0.776. The third kappa shape index (κ3) is 4.04. The van der Waals surface area contributed by atoms with Crippen molar-refractivity contribution in [3.05, 3.63) is 60.0 Å². The Morgan fingerprint density at radius 3 is 2.86 bits per heavy atom. The fourth-order valence-electron chi connectivity index (χ4n) is 3.27. The fourth-order valence-corrected chi connectivity index (χ4v) is 3.99. The Morgan fingerprint density at radius 1 is 1.21 bits per heavy atom. The molecule has 2 heterocycles. The van der Waals surface area contributed by atoms with Crippen LogP contribution in [0.3, 0.4) is 0 Å². The van der Waals surface area contributed by atoms with Crippen molar-refractivity contribution in [1.82, 2.24) is 10.1 Å². The van der Waals surface area contributed by atoms with E-state index in [-0.39, 0.29) is 5.91 Å². The molecule has 1 aromatic heterocycles. The Bertz CT molecular complexity index is 956. The first-order valence-corrected chi connectivity index (χ1v) is 10.3. The maximum absolute atomic E-state index is 12.7. The van der Waals surface area contributed by atoms with Gasteiger partial charge in [0.2, 0.25) is 17.6 Å². The zero-order chi connectivity index (χ0) is 19.3. The number of benzene rings is 2. The molecule has 0 saturated carbocycles. The summed E-state index contributed by atoms with van der Waals surface area (Å²) in [4.78, 5) is 19.0. The molecule has 1 amide bonds. The molecule has 1 aliphatic rings. The van der Waals surface area contributed by atoms with Crippen LogP contribution in [-0.2, 0) is 17.0 Å². The van der Waals surface area contributed by atoms with Gasteiger partial charge >= 0.3 is 0 Å². The van der Waals surface area contributed by atoms with Crippen LogP contribution in [-0.4, -0.2) is 35.5 Å². The zero-order valence-electron chi connectivity index (χ0n) is 15.6. The quantitative estimate of drug-likeness (QED) is 0.629. The molecular formula is C21H21N3O3S. The van der Waals surface area contributed by atoms with Crippen molar-refractivity contribution in [1.29, 1.82) is 0 Å². The summed E-state index contributed by atoms with van der Waals surface area (Å²) in [5, 5.41) is 4.02. The predicted octanol–water partition coefficient (Wildman–Crippen LogP) is 3.96. The second kappa shape index (κ2) is 8.48. The van der Waals surface area contributed by atoms with Gasteiger partial charge in [-0.3, -0.25) is 4.79 Å². The van der Waals surface area contributed by atoms with Crippen molar-refractivity contribution in [3.8, 4) is 17.1 Å². The number of nitrogens with zero attached hydrogens (tertiary/aromatic N) is 3. The predicted molar refractivity (Wildman–Crippen MR) is 110 cm³/mol. The molecule has 144 valence electrons. The van der Waals surface area contributed by atoms with E-state index in [1.165, 1.54) is 17.3 Å². The molecule has 0 spiro atoms. The number of carbonyl (C=O) groups is 1. The molecule has 0 N–H and O–H groups in total. The molecule has 0 aliphatic carbocycles. The third-order valence-electron chi connectivity index (χ3n) is 4.68. The number of rotatable bonds is 6. The van der Waals surface area contributed by atoms with Crippen LogP contribution < -0.4 is 9.64 Å². The fraction of sp³-hybridized carbons (Fsp3) is 0.286. The maximum Gasteiger partial charge on any atom is 0.236 e. The highest BCUT2D eigenvalue weighted by molar-refractivity contribution is 7.99. The summed E-state index contributed by atoms with van der Waals surface area (Å²) in [5.41, 5.74) is 3.15. The molecule has 0 bridgehead atoms. The molecule has 4 rings (SSSR count). The van der Waals surface area contributed by atoms with Gasteiger partial charge in [0.15, 0.2) is 0 Å². The topological polar surface area (TPSA) is 68.5 Å². The highest BCUT2D eigenvalue weighted by atomic mass is 32.2. The van der Waals surface area contributed by atoms with Crippen LogP contribution in [0.1, 0.15) is 17.9 Å². The number of carbonyl (C=O) groups excluding carboxylic acids is 1. The molecule has 0 saturated heterocycles. The summed E-state index contributed by atoms with van der Waals surface area (Å²) in [6, 6.07) is 15.6. The molecule has 7 heteroatoms. The lowest BCUT2D eigenvalue weighted by Crippen LogP contribution is -2.36.